The highest BCUT2D eigenvalue weighted by atomic mass is 79.9. The number of carbonyl (C=O) groups excluding carboxylic acids is 1. The van der Waals surface area contributed by atoms with Crippen LogP contribution in [0.4, 0.5) is 15.8 Å². The normalized spacial score (nSPS) is 10.1. The van der Waals surface area contributed by atoms with E-state index in [-0.39, 0.29) is 5.91 Å². The predicted octanol–water partition coefficient (Wildman–Crippen LogP) is 3.88. The molecule has 2 rings (SSSR count). The predicted molar refractivity (Wildman–Crippen MR) is 78.0 cm³/mol. The van der Waals surface area contributed by atoms with Crippen molar-refractivity contribution in [1.82, 2.24) is 0 Å². The first-order valence-corrected chi connectivity index (χ1v) is 6.44. The van der Waals surface area contributed by atoms with Crippen molar-refractivity contribution in [2.45, 2.75) is 0 Å². The van der Waals surface area contributed by atoms with E-state index in [2.05, 4.69) is 26.6 Å². The fourth-order valence-electron chi connectivity index (χ4n) is 1.68. The van der Waals surface area contributed by atoms with E-state index < -0.39 is 5.82 Å². The van der Waals surface area contributed by atoms with E-state index in [1.807, 2.05) is 6.07 Å². The number of amides is 1. The summed E-state index contributed by atoms with van der Waals surface area (Å²) in [4.78, 5) is 12.2. The van der Waals surface area contributed by atoms with Crippen molar-refractivity contribution in [3.05, 3.63) is 58.3 Å². The van der Waals surface area contributed by atoms with E-state index in [4.69, 9.17) is 0 Å². The van der Waals surface area contributed by atoms with E-state index in [1.54, 1.807) is 31.3 Å². The maximum absolute atomic E-state index is 13.2. The summed E-state index contributed by atoms with van der Waals surface area (Å²) in [6.07, 6.45) is 0. The van der Waals surface area contributed by atoms with Crippen molar-refractivity contribution < 1.29 is 9.18 Å². The standard InChI is InChI=1S/C14H12BrFN2O/c1-17-12-5-3-2-4-10(12)14(19)18-13-8-9(16)6-7-11(13)15/h2-8,17H,1H3,(H,18,19). The lowest BCUT2D eigenvalue weighted by molar-refractivity contribution is 0.102. The summed E-state index contributed by atoms with van der Waals surface area (Å²) in [6.45, 7) is 0. The number of rotatable bonds is 3. The Morgan fingerprint density at radius 3 is 2.63 bits per heavy atom. The number of carbonyl (C=O) groups is 1. The summed E-state index contributed by atoms with van der Waals surface area (Å²) in [6, 6.07) is 11.3. The Morgan fingerprint density at radius 1 is 1.16 bits per heavy atom. The Morgan fingerprint density at radius 2 is 1.89 bits per heavy atom. The minimum atomic E-state index is -0.402. The third kappa shape index (κ3) is 3.12. The largest absolute Gasteiger partial charge is 0.387 e. The Labute approximate surface area is 119 Å². The Bertz CT molecular complexity index is 616. The molecule has 0 aliphatic rings. The van der Waals surface area contributed by atoms with E-state index in [9.17, 15) is 9.18 Å². The molecule has 0 radical (unpaired) electrons. The zero-order valence-electron chi connectivity index (χ0n) is 10.2. The van der Waals surface area contributed by atoms with Crippen LogP contribution in [-0.4, -0.2) is 13.0 Å². The van der Waals surface area contributed by atoms with Crippen LogP contribution in [-0.2, 0) is 0 Å². The summed E-state index contributed by atoms with van der Waals surface area (Å²) < 4.78 is 13.8. The summed E-state index contributed by atoms with van der Waals surface area (Å²) in [5.41, 5.74) is 1.62. The molecule has 0 aliphatic carbocycles. The molecule has 0 fully saturated rings. The summed E-state index contributed by atoms with van der Waals surface area (Å²) in [7, 11) is 1.74. The third-order valence-corrected chi connectivity index (χ3v) is 3.31. The zero-order valence-corrected chi connectivity index (χ0v) is 11.8. The van der Waals surface area contributed by atoms with Gasteiger partial charge < -0.3 is 10.6 Å². The van der Waals surface area contributed by atoms with Crippen LogP contribution >= 0.6 is 15.9 Å². The van der Waals surface area contributed by atoms with Gasteiger partial charge in [-0.15, -0.1) is 0 Å². The lowest BCUT2D eigenvalue weighted by Gasteiger charge is -2.10. The highest BCUT2D eigenvalue weighted by Gasteiger charge is 2.12. The second-order valence-corrected chi connectivity index (χ2v) is 4.73. The highest BCUT2D eigenvalue weighted by molar-refractivity contribution is 9.10. The van der Waals surface area contributed by atoms with Gasteiger partial charge in [-0.25, -0.2) is 4.39 Å². The fourth-order valence-corrected chi connectivity index (χ4v) is 2.03. The van der Waals surface area contributed by atoms with E-state index in [1.165, 1.54) is 12.1 Å². The van der Waals surface area contributed by atoms with Gasteiger partial charge in [-0.3, -0.25) is 4.79 Å². The van der Waals surface area contributed by atoms with Gasteiger partial charge in [0.2, 0.25) is 0 Å². The molecule has 0 atom stereocenters. The average molecular weight is 323 g/mol. The second-order valence-electron chi connectivity index (χ2n) is 3.87. The lowest BCUT2D eigenvalue weighted by atomic mass is 10.1. The van der Waals surface area contributed by atoms with E-state index >= 15 is 0 Å². The van der Waals surface area contributed by atoms with Crippen LogP contribution in [0.15, 0.2) is 46.9 Å². The molecule has 0 spiro atoms. The molecule has 0 heterocycles. The van der Waals surface area contributed by atoms with Gasteiger partial charge in [0.15, 0.2) is 0 Å². The number of nitrogens with one attached hydrogen (secondary N) is 2. The molecule has 5 heteroatoms. The molecule has 2 aromatic carbocycles. The average Bonchev–Trinajstić information content (AvgIpc) is 2.42. The molecule has 0 unspecified atom stereocenters. The quantitative estimate of drug-likeness (QED) is 0.900. The molecule has 0 saturated carbocycles. The zero-order chi connectivity index (χ0) is 13.8. The Balaban J connectivity index is 2.28. The summed E-state index contributed by atoms with van der Waals surface area (Å²) in [5.74, 6) is -0.698. The van der Waals surface area contributed by atoms with Gasteiger partial charge in [0.05, 0.1) is 11.3 Å². The second kappa shape index (κ2) is 5.84. The smallest absolute Gasteiger partial charge is 0.257 e. The van der Waals surface area contributed by atoms with Crippen LogP contribution in [0.2, 0.25) is 0 Å². The molecule has 0 aliphatic heterocycles. The van der Waals surface area contributed by atoms with E-state index in [0.29, 0.717) is 21.4 Å². The molecule has 3 nitrogen and oxygen atoms in total. The van der Waals surface area contributed by atoms with Crippen molar-refractivity contribution in [2.24, 2.45) is 0 Å². The van der Waals surface area contributed by atoms with Gasteiger partial charge in [0, 0.05) is 17.2 Å². The monoisotopic (exact) mass is 322 g/mol. The molecule has 0 bridgehead atoms. The maximum Gasteiger partial charge on any atom is 0.257 e. The molecule has 0 aromatic heterocycles. The minimum absolute atomic E-state index is 0.295. The van der Waals surface area contributed by atoms with Crippen molar-refractivity contribution in [1.29, 1.82) is 0 Å². The fraction of sp³-hybridized carbons (Fsp3) is 0.0714. The van der Waals surface area contributed by atoms with Crippen LogP contribution < -0.4 is 10.6 Å². The lowest BCUT2D eigenvalue weighted by Crippen LogP contribution is -2.14. The SMILES string of the molecule is CNc1ccccc1C(=O)Nc1cc(F)ccc1Br. The number of halogens is 2. The van der Waals surface area contributed by atoms with Crippen molar-refractivity contribution in [3.63, 3.8) is 0 Å². The molecule has 2 N–H and O–H groups in total. The number of benzene rings is 2. The molecule has 98 valence electrons. The van der Waals surface area contributed by atoms with Gasteiger partial charge >= 0.3 is 0 Å². The maximum atomic E-state index is 13.2. The van der Waals surface area contributed by atoms with Crippen LogP contribution in [0.5, 0.6) is 0 Å². The number of hydrogen-bond donors (Lipinski definition) is 2. The number of hydrogen-bond acceptors (Lipinski definition) is 2. The first-order chi connectivity index (χ1) is 9.11. The molecule has 19 heavy (non-hydrogen) atoms. The van der Waals surface area contributed by atoms with Crippen molar-refractivity contribution in [2.75, 3.05) is 17.7 Å². The Hall–Kier alpha value is -1.88. The number of para-hydroxylation sites is 1. The molecule has 1 amide bonds. The topological polar surface area (TPSA) is 41.1 Å². The van der Waals surface area contributed by atoms with Gasteiger partial charge in [-0.05, 0) is 46.3 Å². The molecule has 0 saturated heterocycles. The van der Waals surface area contributed by atoms with Gasteiger partial charge in [-0.2, -0.15) is 0 Å². The van der Waals surface area contributed by atoms with Crippen LogP contribution in [0, 0.1) is 5.82 Å². The molecule has 2 aromatic rings. The summed E-state index contributed by atoms with van der Waals surface area (Å²) >= 11 is 3.27. The number of anilines is 2. The first kappa shape index (κ1) is 13.5. The van der Waals surface area contributed by atoms with Crippen LogP contribution in [0.25, 0.3) is 0 Å². The molecular weight excluding hydrogens is 311 g/mol. The van der Waals surface area contributed by atoms with Gasteiger partial charge in [-0.1, -0.05) is 12.1 Å². The highest BCUT2D eigenvalue weighted by Crippen LogP contribution is 2.24. The van der Waals surface area contributed by atoms with Crippen LogP contribution in [0.1, 0.15) is 10.4 Å². The first-order valence-electron chi connectivity index (χ1n) is 5.65. The van der Waals surface area contributed by atoms with Gasteiger partial charge in [0.1, 0.15) is 5.82 Å². The van der Waals surface area contributed by atoms with Crippen LogP contribution in [0.3, 0.4) is 0 Å². The third-order valence-electron chi connectivity index (χ3n) is 2.62. The minimum Gasteiger partial charge on any atom is -0.387 e. The van der Waals surface area contributed by atoms with Crippen molar-refractivity contribution >= 4 is 33.2 Å². The van der Waals surface area contributed by atoms with E-state index in [0.717, 1.165) is 0 Å². The molecular formula is C14H12BrFN2O. The Kier molecular flexibility index (Phi) is 4.16. The van der Waals surface area contributed by atoms with Crippen molar-refractivity contribution in [3.8, 4) is 0 Å². The summed E-state index contributed by atoms with van der Waals surface area (Å²) in [5, 5.41) is 5.62. The van der Waals surface area contributed by atoms with Gasteiger partial charge in [0.25, 0.3) is 5.91 Å².